The van der Waals surface area contributed by atoms with Gasteiger partial charge in [0.2, 0.25) is 0 Å². The Hall–Kier alpha value is -1.91. The van der Waals surface area contributed by atoms with Crippen molar-refractivity contribution < 1.29 is 0 Å². The first kappa shape index (κ1) is 14.5. The number of aromatic nitrogens is 4. The molecule has 0 aliphatic heterocycles. The first-order valence-electron chi connectivity index (χ1n) is 7.31. The monoisotopic (exact) mass is 273 g/mol. The van der Waals surface area contributed by atoms with Crippen LogP contribution in [0.2, 0.25) is 0 Å². The highest BCUT2D eigenvalue weighted by molar-refractivity contribution is 5.54. The molecule has 0 saturated heterocycles. The first-order valence-corrected chi connectivity index (χ1v) is 7.31. The molecule has 0 bridgehead atoms. The van der Waals surface area contributed by atoms with Gasteiger partial charge in [-0.2, -0.15) is 0 Å². The summed E-state index contributed by atoms with van der Waals surface area (Å²) in [5, 5.41) is 14.9. The van der Waals surface area contributed by atoms with Crippen LogP contribution in [0, 0.1) is 6.92 Å². The van der Waals surface area contributed by atoms with Crippen LogP contribution in [0.1, 0.15) is 45.1 Å². The molecule has 0 aliphatic rings. The van der Waals surface area contributed by atoms with Gasteiger partial charge in [-0.15, -0.1) is 5.10 Å². The van der Waals surface area contributed by atoms with Crippen molar-refractivity contribution in [2.24, 2.45) is 0 Å². The second kappa shape index (κ2) is 7.03. The molecule has 0 fully saturated rings. The molecule has 0 saturated carbocycles. The minimum absolute atomic E-state index is 0.478. The number of rotatable bonds is 7. The number of nitrogens with zero attached hydrogens (tertiary/aromatic N) is 4. The Kier molecular flexibility index (Phi) is 5.09. The quantitative estimate of drug-likeness (QED) is 0.786. The van der Waals surface area contributed by atoms with Crippen molar-refractivity contribution >= 4 is 5.69 Å². The molecule has 0 spiro atoms. The van der Waals surface area contributed by atoms with Gasteiger partial charge >= 0.3 is 0 Å². The van der Waals surface area contributed by atoms with E-state index in [0.717, 1.165) is 16.9 Å². The van der Waals surface area contributed by atoms with Gasteiger partial charge in [-0.25, -0.2) is 4.68 Å². The van der Waals surface area contributed by atoms with Gasteiger partial charge in [-0.1, -0.05) is 32.3 Å². The zero-order valence-electron chi connectivity index (χ0n) is 12.5. The van der Waals surface area contributed by atoms with Crippen LogP contribution in [0.25, 0.3) is 5.69 Å². The summed E-state index contributed by atoms with van der Waals surface area (Å²) in [6.45, 7) is 6.52. The number of aryl methyl sites for hydroxylation is 1. The molecule has 0 aliphatic carbocycles. The van der Waals surface area contributed by atoms with Crippen molar-refractivity contribution in [1.29, 1.82) is 0 Å². The van der Waals surface area contributed by atoms with Crippen LogP contribution in [0.3, 0.4) is 0 Å². The highest BCUT2D eigenvalue weighted by atomic mass is 15.5. The fraction of sp³-hybridized carbons (Fsp3) is 0.533. The van der Waals surface area contributed by atoms with Crippen molar-refractivity contribution in [3.63, 3.8) is 0 Å². The molecule has 2 aromatic rings. The topological polar surface area (TPSA) is 55.6 Å². The van der Waals surface area contributed by atoms with E-state index in [4.69, 9.17) is 0 Å². The Labute approximate surface area is 120 Å². The Morgan fingerprint density at radius 2 is 2.15 bits per heavy atom. The molecule has 2 rings (SSSR count). The molecule has 1 aromatic carbocycles. The van der Waals surface area contributed by atoms with Gasteiger partial charge in [0.1, 0.15) is 6.33 Å². The zero-order valence-corrected chi connectivity index (χ0v) is 12.5. The summed E-state index contributed by atoms with van der Waals surface area (Å²) in [6, 6.07) is 6.78. The molecule has 1 unspecified atom stereocenters. The van der Waals surface area contributed by atoms with Gasteiger partial charge in [0.15, 0.2) is 0 Å². The fourth-order valence-corrected chi connectivity index (χ4v) is 2.27. The minimum Gasteiger partial charge on any atom is -0.383 e. The molecular formula is C15H23N5. The summed E-state index contributed by atoms with van der Waals surface area (Å²) in [7, 11) is 0. The maximum Gasteiger partial charge on any atom is 0.143 e. The van der Waals surface area contributed by atoms with Crippen molar-refractivity contribution in [3.05, 3.63) is 30.1 Å². The Morgan fingerprint density at radius 3 is 2.85 bits per heavy atom. The lowest BCUT2D eigenvalue weighted by atomic mass is 10.1. The summed E-state index contributed by atoms with van der Waals surface area (Å²) < 4.78 is 1.70. The first-order chi connectivity index (χ1) is 9.70. The fourth-order valence-electron chi connectivity index (χ4n) is 2.27. The maximum absolute atomic E-state index is 3.96. The normalized spacial score (nSPS) is 12.3. The molecule has 108 valence electrons. The lowest BCUT2D eigenvalue weighted by Gasteiger charge is -2.16. The van der Waals surface area contributed by atoms with Crippen LogP contribution in [-0.4, -0.2) is 26.2 Å². The van der Waals surface area contributed by atoms with E-state index in [1.165, 1.54) is 25.7 Å². The largest absolute Gasteiger partial charge is 0.383 e. The Morgan fingerprint density at radius 1 is 1.30 bits per heavy atom. The number of tetrazole rings is 1. The standard InChI is InChI=1S/C15H23N5/c1-4-5-6-7-13(3)17-14-9-8-12(2)15(10-14)20-11-16-18-19-20/h8-11,13,17H,4-7H2,1-3H3. The van der Waals surface area contributed by atoms with E-state index in [9.17, 15) is 0 Å². The minimum atomic E-state index is 0.478. The summed E-state index contributed by atoms with van der Waals surface area (Å²) in [6.07, 6.45) is 6.66. The second-order valence-corrected chi connectivity index (χ2v) is 5.30. The molecule has 20 heavy (non-hydrogen) atoms. The van der Waals surface area contributed by atoms with Crippen molar-refractivity contribution in [1.82, 2.24) is 20.2 Å². The van der Waals surface area contributed by atoms with Crippen LogP contribution in [0.5, 0.6) is 0 Å². The third kappa shape index (κ3) is 3.79. The Bertz CT molecular complexity index is 521. The van der Waals surface area contributed by atoms with E-state index < -0.39 is 0 Å². The molecule has 5 heteroatoms. The number of unbranched alkanes of at least 4 members (excludes halogenated alkanes) is 2. The zero-order chi connectivity index (χ0) is 14.4. The Balaban J connectivity index is 2.04. The molecule has 1 N–H and O–H groups in total. The van der Waals surface area contributed by atoms with Crippen LogP contribution >= 0.6 is 0 Å². The van der Waals surface area contributed by atoms with Gasteiger partial charge in [0, 0.05) is 11.7 Å². The van der Waals surface area contributed by atoms with E-state index in [0.29, 0.717) is 6.04 Å². The van der Waals surface area contributed by atoms with Gasteiger partial charge < -0.3 is 5.32 Å². The number of hydrogen-bond donors (Lipinski definition) is 1. The number of benzene rings is 1. The van der Waals surface area contributed by atoms with Gasteiger partial charge in [0.25, 0.3) is 0 Å². The van der Waals surface area contributed by atoms with E-state index >= 15 is 0 Å². The molecular weight excluding hydrogens is 250 g/mol. The smallest absolute Gasteiger partial charge is 0.143 e. The van der Waals surface area contributed by atoms with Crippen LogP contribution in [-0.2, 0) is 0 Å². The lowest BCUT2D eigenvalue weighted by molar-refractivity contribution is 0.615. The maximum atomic E-state index is 3.96. The molecule has 0 radical (unpaired) electrons. The lowest BCUT2D eigenvalue weighted by Crippen LogP contribution is -2.15. The number of hydrogen-bond acceptors (Lipinski definition) is 4. The molecule has 5 nitrogen and oxygen atoms in total. The number of anilines is 1. The van der Waals surface area contributed by atoms with Crippen molar-refractivity contribution in [2.75, 3.05) is 5.32 Å². The average molecular weight is 273 g/mol. The van der Waals surface area contributed by atoms with Gasteiger partial charge in [0.05, 0.1) is 5.69 Å². The molecule has 1 heterocycles. The summed E-state index contributed by atoms with van der Waals surface area (Å²) in [5.41, 5.74) is 3.28. The average Bonchev–Trinajstić information content (AvgIpc) is 2.95. The second-order valence-electron chi connectivity index (χ2n) is 5.30. The summed E-state index contributed by atoms with van der Waals surface area (Å²) in [5.74, 6) is 0. The highest BCUT2D eigenvalue weighted by Crippen LogP contribution is 2.19. The van der Waals surface area contributed by atoms with Gasteiger partial charge in [-0.05, 0) is 48.4 Å². The summed E-state index contributed by atoms with van der Waals surface area (Å²) in [4.78, 5) is 0. The van der Waals surface area contributed by atoms with Crippen molar-refractivity contribution in [2.45, 2.75) is 52.5 Å². The van der Waals surface area contributed by atoms with E-state index in [1.807, 2.05) is 0 Å². The molecule has 1 aromatic heterocycles. The SMILES string of the molecule is CCCCCC(C)Nc1ccc(C)c(-n2cnnn2)c1. The van der Waals surface area contributed by atoms with E-state index in [-0.39, 0.29) is 0 Å². The highest BCUT2D eigenvalue weighted by Gasteiger charge is 2.06. The molecule has 1 atom stereocenters. The van der Waals surface area contributed by atoms with E-state index in [2.05, 4.69) is 59.8 Å². The predicted molar refractivity (Wildman–Crippen MR) is 81.1 cm³/mol. The predicted octanol–water partition coefficient (Wildman–Crippen LogP) is 3.35. The molecule has 0 amide bonds. The van der Waals surface area contributed by atoms with Crippen LogP contribution < -0.4 is 5.32 Å². The summed E-state index contributed by atoms with van der Waals surface area (Å²) >= 11 is 0. The third-order valence-electron chi connectivity index (χ3n) is 3.46. The van der Waals surface area contributed by atoms with Gasteiger partial charge in [-0.3, -0.25) is 0 Å². The van der Waals surface area contributed by atoms with E-state index in [1.54, 1.807) is 11.0 Å². The van der Waals surface area contributed by atoms with Crippen LogP contribution in [0.4, 0.5) is 5.69 Å². The number of nitrogens with one attached hydrogen (secondary N) is 1. The third-order valence-corrected chi connectivity index (χ3v) is 3.46. The van der Waals surface area contributed by atoms with Crippen molar-refractivity contribution in [3.8, 4) is 5.69 Å². The van der Waals surface area contributed by atoms with Crippen LogP contribution in [0.15, 0.2) is 24.5 Å².